The van der Waals surface area contributed by atoms with Gasteiger partial charge in [0, 0.05) is 23.3 Å². The van der Waals surface area contributed by atoms with Gasteiger partial charge in [0.25, 0.3) is 0 Å². The highest BCUT2D eigenvalue weighted by Gasteiger charge is 2.21. The molecule has 0 atom stereocenters. The number of anilines is 2. The highest BCUT2D eigenvalue weighted by atomic mass is 16.7. The first-order chi connectivity index (χ1) is 12.7. The van der Waals surface area contributed by atoms with E-state index in [0.29, 0.717) is 34.9 Å². The molecule has 6 nitrogen and oxygen atoms in total. The predicted molar refractivity (Wildman–Crippen MR) is 98.3 cm³/mol. The van der Waals surface area contributed by atoms with E-state index in [1.165, 1.54) is 6.20 Å². The molecule has 1 N–H and O–H groups in total. The minimum Gasteiger partial charge on any atom is -0.462 e. The number of esters is 1. The molecule has 0 saturated carbocycles. The summed E-state index contributed by atoms with van der Waals surface area (Å²) in [4.78, 5) is 16.8. The molecule has 0 spiro atoms. The monoisotopic (exact) mass is 350 g/mol. The third-order valence-corrected chi connectivity index (χ3v) is 4.15. The zero-order valence-corrected chi connectivity index (χ0v) is 14.5. The molecule has 0 bridgehead atoms. The number of carbonyl (C=O) groups excluding carboxylic acids is 1. The lowest BCUT2D eigenvalue weighted by atomic mass is 10.1. The summed E-state index contributed by atoms with van der Waals surface area (Å²) in [5.74, 6) is 0.859. The van der Waals surface area contributed by atoms with Gasteiger partial charge in [0.15, 0.2) is 11.5 Å². The standard InChI is InChI=1S/C20H18N2O4/c1-3-24-20(23)15-10-21-16-9-18-17(25-11-26-18)8-14(16)19(15)22-13-6-4-5-12(2)7-13/h4-10H,3,11H2,1-2H3,(H,21,22). The summed E-state index contributed by atoms with van der Waals surface area (Å²) in [6, 6.07) is 11.6. The second-order valence-corrected chi connectivity index (χ2v) is 5.98. The van der Waals surface area contributed by atoms with Gasteiger partial charge in [-0.25, -0.2) is 4.79 Å². The summed E-state index contributed by atoms with van der Waals surface area (Å²) in [7, 11) is 0. The molecule has 4 rings (SSSR count). The van der Waals surface area contributed by atoms with Crippen molar-refractivity contribution in [2.45, 2.75) is 13.8 Å². The van der Waals surface area contributed by atoms with E-state index in [9.17, 15) is 4.79 Å². The number of fused-ring (bicyclic) bond motifs is 2. The first kappa shape index (κ1) is 16.2. The number of rotatable bonds is 4. The summed E-state index contributed by atoms with van der Waals surface area (Å²) in [6.07, 6.45) is 1.53. The zero-order chi connectivity index (χ0) is 18.1. The van der Waals surface area contributed by atoms with Crippen LogP contribution in [0.5, 0.6) is 11.5 Å². The maximum Gasteiger partial charge on any atom is 0.341 e. The molecule has 6 heteroatoms. The number of nitrogens with zero attached hydrogens (tertiary/aromatic N) is 1. The molecule has 2 aromatic carbocycles. The number of hydrogen-bond donors (Lipinski definition) is 1. The van der Waals surface area contributed by atoms with Crippen LogP contribution in [0, 0.1) is 6.92 Å². The SMILES string of the molecule is CCOC(=O)c1cnc2cc3c(cc2c1Nc1cccc(C)c1)OCO3. The number of pyridine rings is 1. The molecule has 2 heterocycles. The van der Waals surface area contributed by atoms with Crippen LogP contribution in [0.1, 0.15) is 22.8 Å². The average molecular weight is 350 g/mol. The molecule has 3 aromatic rings. The number of aromatic nitrogens is 1. The van der Waals surface area contributed by atoms with Crippen molar-refractivity contribution in [2.75, 3.05) is 18.7 Å². The second kappa shape index (κ2) is 6.55. The third-order valence-electron chi connectivity index (χ3n) is 4.15. The van der Waals surface area contributed by atoms with Crippen molar-refractivity contribution in [1.82, 2.24) is 4.98 Å². The van der Waals surface area contributed by atoms with Gasteiger partial charge >= 0.3 is 5.97 Å². The van der Waals surface area contributed by atoms with E-state index in [0.717, 1.165) is 16.6 Å². The fourth-order valence-corrected chi connectivity index (χ4v) is 2.95. The van der Waals surface area contributed by atoms with Crippen LogP contribution in [0.4, 0.5) is 11.4 Å². The Bertz CT molecular complexity index is 1000. The van der Waals surface area contributed by atoms with E-state index in [-0.39, 0.29) is 6.79 Å². The maximum absolute atomic E-state index is 12.4. The largest absolute Gasteiger partial charge is 0.462 e. The number of aryl methyl sites for hydroxylation is 1. The Morgan fingerprint density at radius 3 is 2.81 bits per heavy atom. The van der Waals surface area contributed by atoms with Crippen LogP contribution in [-0.2, 0) is 4.74 Å². The summed E-state index contributed by atoms with van der Waals surface area (Å²) < 4.78 is 16.1. The van der Waals surface area contributed by atoms with Crippen molar-refractivity contribution < 1.29 is 19.0 Å². The van der Waals surface area contributed by atoms with Crippen LogP contribution in [0.2, 0.25) is 0 Å². The Morgan fingerprint density at radius 2 is 2.04 bits per heavy atom. The Morgan fingerprint density at radius 1 is 1.23 bits per heavy atom. The molecule has 132 valence electrons. The Kier molecular flexibility index (Phi) is 4.08. The van der Waals surface area contributed by atoms with Gasteiger partial charge in [0.1, 0.15) is 5.56 Å². The van der Waals surface area contributed by atoms with E-state index >= 15 is 0 Å². The highest BCUT2D eigenvalue weighted by molar-refractivity contribution is 6.06. The van der Waals surface area contributed by atoms with Crippen molar-refractivity contribution in [1.29, 1.82) is 0 Å². The van der Waals surface area contributed by atoms with Crippen LogP contribution in [0.3, 0.4) is 0 Å². The molecule has 26 heavy (non-hydrogen) atoms. The van der Waals surface area contributed by atoms with Gasteiger partial charge in [-0.05, 0) is 37.6 Å². The van der Waals surface area contributed by atoms with E-state index in [1.54, 1.807) is 6.92 Å². The van der Waals surface area contributed by atoms with Crippen LogP contribution in [0.15, 0.2) is 42.6 Å². The zero-order valence-electron chi connectivity index (χ0n) is 14.5. The van der Waals surface area contributed by atoms with Crippen molar-refractivity contribution >= 4 is 28.2 Å². The van der Waals surface area contributed by atoms with Gasteiger partial charge in [0.2, 0.25) is 6.79 Å². The van der Waals surface area contributed by atoms with Crippen LogP contribution in [0.25, 0.3) is 10.9 Å². The number of ether oxygens (including phenoxy) is 3. The fourth-order valence-electron chi connectivity index (χ4n) is 2.95. The van der Waals surface area contributed by atoms with Crippen LogP contribution < -0.4 is 14.8 Å². The van der Waals surface area contributed by atoms with Crippen molar-refractivity contribution in [3.8, 4) is 11.5 Å². The minimum absolute atomic E-state index is 0.178. The van der Waals surface area contributed by atoms with Crippen molar-refractivity contribution in [3.05, 3.63) is 53.7 Å². The van der Waals surface area contributed by atoms with E-state index in [4.69, 9.17) is 14.2 Å². The van der Waals surface area contributed by atoms with Gasteiger partial charge in [-0.2, -0.15) is 0 Å². The Hall–Kier alpha value is -3.28. The Labute approximate surface area is 150 Å². The molecule has 0 saturated heterocycles. The Balaban J connectivity index is 1.89. The van der Waals surface area contributed by atoms with Crippen molar-refractivity contribution in [2.24, 2.45) is 0 Å². The van der Waals surface area contributed by atoms with E-state index in [2.05, 4.69) is 10.3 Å². The minimum atomic E-state index is -0.422. The number of hydrogen-bond acceptors (Lipinski definition) is 6. The van der Waals surface area contributed by atoms with Crippen LogP contribution >= 0.6 is 0 Å². The molecular weight excluding hydrogens is 332 g/mol. The lowest BCUT2D eigenvalue weighted by Crippen LogP contribution is -2.09. The molecule has 1 aliphatic rings. The molecule has 0 amide bonds. The van der Waals surface area contributed by atoms with E-state index < -0.39 is 5.97 Å². The first-order valence-electron chi connectivity index (χ1n) is 8.39. The topological polar surface area (TPSA) is 69.7 Å². The van der Waals surface area contributed by atoms with Gasteiger partial charge in [-0.1, -0.05) is 12.1 Å². The fraction of sp³-hybridized carbons (Fsp3) is 0.200. The van der Waals surface area contributed by atoms with E-state index in [1.807, 2.05) is 43.3 Å². The first-order valence-corrected chi connectivity index (χ1v) is 8.39. The third kappa shape index (κ3) is 2.90. The number of benzene rings is 2. The lowest BCUT2D eigenvalue weighted by Gasteiger charge is -2.15. The molecule has 1 aromatic heterocycles. The van der Waals surface area contributed by atoms with Gasteiger partial charge in [0.05, 0.1) is 17.8 Å². The highest BCUT2D eigenvalue weighted by Crippen LogP contribution is 2.39. The summed E-state index contributed by atoms with van der Waals surface area (Å²) in [6.45, 7) is 4.26. The smallest absolute Gasteiger partial charge is 0.341 e. The summed E-state index contributed by atoms with van der Waals surface area (Å²) >= 11 is 0. The predicted octanol–water partition coefficient (Wildman–Crippen LogP) is 4.19. The quantitative estimate of drug-likeness (QED) is 0.712. The van der Waals surface area contributed by atoms with Gasteiger partial charge < -0.3 is 19.5 Å². The lowest BCUT2D eigenvalue weighted by molar-refractivity contribution is 0.0527. The molecule has 0 unspecified atom stereocenters. The molecule has 0 fully saturated rings. The second-order valence-electron chi connectivity index (χ2n) is 5.98. The number of nitrogens with one attached hydrogen (secondary N) is 1. The van der Waals surface area contributed by atoms with Gasteiger partial charge in [-0.15, -0.1) is 0 Å². The average Bonchev–Trinajstić information content (AvgIpc) is 3.08. The molecule has 1 aliphatic heterocycles. The van der Waals surface area contributed by atoms with Crippen molar-refractivity contribution in [3.63, 3.8) is 0 Å². The summed E-state index contributed by atoms with van der Waals surface area (Å²) in [5, 5.41) is 4.11. The maximum atomic E-state index is 12.4. The van der Waals surface area contributed by atoms with Gasteiger partial charge in [-0.3, -0.25) is 4.98 Å². The van der Waals surface area contributed by atoms with Crippen LogP contribution in [-0.4, -0.2) is 24.4 Å². The normalized spacial score (nSPS) is 12.2. The summed E-state index contributed by atoms with van der Waals surface area (Å²) in [5.41, 5.74) is 3.71. The number of carbonyl (C=O) groups is 1. The molecular formula is C20H18N2O4. The molecule has 0 radical (unpaired) electrons. The molecule has 0 aliphatic carbocycles.